The Balaban J connectivity index is 1.24. The van der Waals surface area contributed by atoms with Crippen molar-refractivity contribution in [1.29, 1.82) is 0 Å². The third-order valence-electron chi connectivity index (χ3n) is 5.07. The second-order valence-corrected chi connectivity index (χ2v) is 8.46. The topological polar surface area (TPSA) is 57.3 Å². The van der Waals surface area contributed by atoms with Gasteiger partial charge >= 0.3 is 6.03 Å². The highest BCUT2D eigenvalue weighted by Gasteiger charge is 2.23. The van der Waals surface area contributed by atoms with Crippen LogP contribution in [0.4, 0.5) is 10.5 Å². The maximum atomic E-state index is 12.5. The Bertz CT molecular complexity index is 952. The van der Waals surface area contributed by atoms with Crippen molar-refractivity contribution in [1.82, 2.24) is 15.2 Å². The highest BCUT2D eigenvalue weighted by atomic mass is 32.2. The Kier molecular flexibility index (Phi) is 7.00. The number of anilines is 1. The maximum Gasteiger partial charge on any atom is 0.319 e. The van der Waals surface area contributed by atoms with E-state index >= 15 is 0 Å². The average molecular weight is 419 g/mol. The Morgan fingerprint density at radius 2 is 1.87 bits per heavy atom. The molecular weight excluding hydrogens is 392 g/mol. The molecular formula is C24H26N4OS. The molecule has 1 saturated heterocycles. The van der Waals surface area contributed by atoms with Gasteiger partial charge in [0.25, 0.3) is 0 Å². The fraction of sp³-hybridized carbons (Fsp3) is 0.250. The first kappa shape index (κ1) is 20.4. The molecule has 3 aromatic rings. The third kappa shape index (κ3) is 6.08. The van der Waals surface area contributed by atoms with Crippen LogP contribution in [0.3, 0.4) is 0 Å². The Morgan fingerprint density at radius 1 is 1.03 bits per heavy atom. The van der Waals surface area contributed by atoms with Crippen molar-refractivity contribution in [2.45, 2.75) is 29.8 Å². The van der Waals surface area contributed by atoms with Gasteiger partial charge in [0.15, 0.2) is 0 Å². The molecule has 1 unspecified atom stereocenters. The molecule has 2 amide bonds. The normalized spacial score (nSPS) is 16.3. The number of nitrogens with zero attached hydrogens (tertiary/aromatic N) is 2. The third-order valence-corrected chi connectivity index (χ3v) is 6.08. The van der Waals surface area contributed by atoms with Crippen LogP contribution in [0.15, 0.2) is 84.0 Å². The van der Waals surface area contributed by atoms with Gasteiger partial charge < -0.3 is 10.6 Å². The summed E-state index contributed by atoms with van der Waals surface area (Å²) in [5, 5.41) is 7.09. The number of pyridine rings is 1. The van der Waals surface area contributed by atoms with Crippen LogP contribution in [0.1, 0.15) is 17.5 Å². The van der Waals surface area contributed by atoms with E-state index in [0.29, 0.717) is 0 Å². The minimum atomic E-state index is -0.143. The second kappa shape index (κ2) is 10.3. The molecule has 2 N–H and O–H groups in total. The summed E-state index contributed by atoms with van der Waals surface area (Å²) < 4.78 is 0. The average Bonchev–Trinajstić information content (AvgIpc) is 3.20. The van der Waals surface area contributed by atoms with Crippen LogP contribution in [-0.2, 0) is 12.3 Å². The van der Waals surface area contributed by atoms with Crippen molar-refractivity contribution >= 4 is 23.5 Å². The molecule has 0 spiro atoms. The smallest absolute Gasteiger partial charge is 0.319 e. The number of nitrogens with one attached hydrogen (secondary N) is 2. The number of amides is 2. The van der Waals surface area contributed by atoms with E-state index in [1.54, 1.807) is 18.0 Å². The molecule has 5 nitrogen and oxygen atoms in total. The van der Waals surface area contributed by atoms with Crippen molar-refractivity contribution in [3.05, 3.63) is 90.1 Å². The fourth-order valence-electron chi connectivity index (χ4n) is 3.62. The van der Waals surface area contributed by atoms with E-state index in [1.165, 1.54) is 5.56 Å². The molecule has 2 aromatic carbocycles. The SMILES string of the molecule is O=C(Nc1cccc(CSc2ccccn2)c1)NC1CCN(Cc2ccccc2)C1. The summed E-state index contributed by atoms with van der Waals surface area (Å²) in [6.07, 6.45) is 2.77. The maximum absolute atomic E-state index is 12.5. The standard InChI is InChI=1S/C24H26N4OS/c29-24(27-22-12-14-28(17-22)16-19-7-2-1-3-8-19)26-21-10-6-9-20(15-21)18-30-23-11-4-5-13-25-23/h1-11,13,15,22H,12,14,16-18H2,(H2,26,27,29). The molecule has 0 radical (unpaired) electrons. The molecule has 2 heterocycles. The Morgan fingerprint density at radius 3 is 2.70 bits per heavy atom. The summed E-state index contributed by atoms with van der Waals surface area (Å²) in [4.78, 5) is 19.2. The van der Waals surface area contributed by atoms with Crippen molar-refractivity contribution in [3.63, 3.8) is 0 Å². The van der Waals surface area contributed by atoms with Crippen LogP contribution in [0.2, 0.25) is 0 Å². The zero-order valence-corrected chi connectivity index (χ0v) is 17.6. The number of aromatic nitrogens is 1. The van der Waals surface area contributed by atoms with Crippen molar-refractivity contribution < 1.29 is 4.79 Å². The lowest BCUT2D eigenvalue weighted by atomic mass is 10.2. The lowest BCUT2D eigenvalue weighted by Gasteiger charge is -2.17. The first-order valence-corrected chi connectivity index (χ1v) is 11.2. The van der Waals surface area contributed by atoms with Gasteiger partial charge in [-0.2, -0.15) is 0 Å². The number of urea groups is 1. The van der Waals surface area contributed by atoms with Crippen LogP contribution in [0, 0.1) is 0 Å². The lowest BCUT2D eigenvalue weighted by molar-refractivity contribution is 0.247. The van der Waals surface area contributed by atoms with Gasteiger partial charge in [-0.25, -0.2) is 9.78 Å². The first-order valence-electron chi connectivity index (χ1n) is 10.2. The van der Waals surface area contributed by atoms with Crippen LogP contribution in [0.5, 0.6) is 0 Å². The molecule has 0 saturated carbocycles. The van der Waals surface area contributed by atoms with E-state index in [-0.39, 0.29) is 12.1 Å². The number of carbonyl (C=O) groups excluding carboxylic acids is 1. The van der Waals surface area contributed by atoms with Gasteiger partial charge in [-0.05, 0) is 41.8 Å². The highest BCUT2D eigenvalue weighted by Crippen LogP contribution is 2.22. The van der Waals surface area contributed by atoms with Crippen LogP contribution in [-0.4, -0.2) is 35.0 Å². The van der Waals surface area contributed by atoms with Gasteiger partial charge in [0.2, 0.25) is 0 Å². The van der Waals surface area contributed by atoms with Crippen LogP contribution >= 0.6 is 11.8 Å². The minimum absolute atomic E-state index is 0.143. The van der Waals surface area contributed by atoms with Gasteiger partial charge in [0.05, 0.1) is 5.03 Å². The quantitative estimate of drug-likeness (QED) is 0.543. The zero-order chi connectivity index (χ0) is 20.6. The lowest BCUT2D eigenvalue weighted by Crippen LogP contribution is -2.39. The molecule has 0 bridgehead atoms. The van der Waals surface area contributed by atoms with Crippen molar-refractivity contribution in [2.75, 3.05) is 18.4 Å². The summed E-state index contributed by atoms with van der Waals surface area (Å²) >= 11 is 1.68. The molecule has 1 aromatic heterocycles. The van der Waals surface area contributed by atoms with Gasteiger partial charge in [0.1, 0.15) is 0 Å². The fourth-order valence-corrected chi connectivity index (χ4v) is 4.42. The summed E-state index contributed by atoms with van der Waals surface area (Å²) in [7, 11) is 0. The summed E-state index contributed by atoms with van der Waals surface area (Å²) in [5.74, 6) is 0.811. The van der Waals surface area contributed by atoms with Crippen molar-refractivity contribution in [2.24, 2.45) is 0 Å². The van der Waals surface area contributed by atoms with Gasteiger partial charge in [-0.1, -0.05) is 48.5 Å². The Hall–Kier alpha value is -2.83. The molecule has 1 fully saturated rings. The zero-order valence-electron chi connectivity index (χ0n) is 16.8. The first-order chi connectivity index (χ1) is 14.7. The molecule has 4 rings (SSSR count). The summed E-state index contributed by atoms with van der Waals surface area (Å²) in [6.45, 7) is 2.81. The van der Waals surface area contributed by atoms with E-state index in [2.05, 4.69) is 50.8 Å². The monoisotopic (exact) mass is 418 g/mol. The van der Waals surface area contributed by atoms with Gasteiger partial charge in [-0.15, -0.1) is 11.8 Å². The van der Waals surface area contributed by atoms with E-state index in [9.17, 15) is 4.79 Å². The number of likely N-dealkylation sites (tertiary alicyclic amines) is 1. The second-order valence-electron chi connectivity index (χ2n) is 7.46. The molecule has 1 atom stereocenters. The minimum Gasteiger partial charge on any atom is -0.334 e. The number of carbonyl (C=O) groups is 1. The van der Waals surface area contributed by atoms with Crippen molar-refractivity contribution in [3.8, 4) is 0 Å². The number of thioether (sulfide) groups is 1. The predicted molar refractivity (Wildman–Crippen MR) is 123 cm³/mol. The molecule has 30 heavy (non-hydrogen) atoms. The van der Waals surface area contributed by atoms with Crippen LogP contribution < -0.4 is 10.6 Å². The van der Waals surface area contributed by atoms with Gasteiger partial charge in [-0.3, -0.25) is 4.90 Å². The number of hydrogen-bond donors (Lipinski definition) is 2. The molecule has 6 heteroatoms. The highest BCUT2D eigenvalue weighted by molar-refractivity contribution is 7.98. The number of hydrogen-bond acceptors (Lipinski definition) is 4. The largest absolute Gasteiger partial charge is 0.334 e. The van der Waals surface area contributed by atoms with E-state index in [1.807, 2.05) is 42.5 Å². The summed E-state index contributed by atoms with van der Waals surface area (Å²) in [5.41, 5.74) is 3.27. The molecule has 154 valence electrons. The van der Waals surface area contributed by atoms with Gasteiger partial charge in [0, 0.05) is 43.3 Å². The van der Waals surface area contributed by atoms with Crippen LogP contribution in [0.25, 0.3) is 0 Å². The van der Waals surface area contributed by atoms with E-state index < -0.39 is 0 Å². The molecule has 1 aliphatic heterocycles. The molecule has 0 aliphatic carbocycles. The predicted octanol–water partition coefficient (Wildman–Crippen LogP) is 4.77. The number of benzene rings is 2. The van der Waals surface area contributed by atoms with E-state index in [4.69, 9.17) is 0 Å². The number of rotatable bonds is 7. The summed E-state index contributed by atoms with van der Waals surface area (Å²) in [6, 6.07) is 24.4. The Labute approximate surface area is 181 Å². The molecule has 1 aliphatic rings. The van der Waals surface area contributed by atoms with E-state index in [0.717, 1.165) is 48.1 Å².